The maximum Gasteiger partial charge on any atom is 0.139 e. The summed E-state index contributed by atoms with van der Waals surface area (Å²) in [7, 11) is 3.98. The van der Waals surface area contributed by atoms with Gasteiger partial charge in [0.05, 0.1) is 17.8 Å². The number of nitrogens with zero attached hydrogens (tertiary/aromatic N) is 3. The second-order valence-electron chi connectivity index (χ2n) is 5.66. The summed E-state index contributed by atoms with van der Waals surface area (Å²) >= 11 is 1.48. The molecule has 0 atom stereocenters. The maximum atomic E-state index is 10.3. The van der Waals surface area contributed by atoms with Gasteiger partial charge in [0.2, 0.25) is 0 Å². The van der Waals surface area contributed by atoms with Crippen molar-refractivity contribution in [2.24, 2.45) is 0 Å². The van der Waals surface area contributed by atoms with Gasteiger partial charge < -0.3 is 14.9 Å². The van der Waals surface area contributed by atoms with Crippen LogP contribution in [0.15, 0.2) is 35.4 Å². The first-order chi connectivity index (χ1) is 11.0. The number of aliphatic hydroxyl groups excluding tert-OH is 1. The Kier molecular flexibility index (Phi) is 4.09. The molecule has 0 unspecified atom stereocenters. The lowest BCUT2D eigenvalue weighted by molar-refractivity contribution is 0.411. The number of hydrogen-bond donors (Lipinski definition) is 2. The first-order valence-corrected chi connectivity index (χ1v) is 8.40. The van der Waals surface area contributed by atoms with Crippen molar-refractivity contribution in [2.45, 2.75) is 13.3 Å². The van der Waals surface area contributed by atoms with E-state index in [0.717, 1.165) is 28.5 Å². The van der Waals surface area contributed by atoms with Crippen LogP contribution in [0.2, 0.25) is 0 Å². The Bertz CT molecular complexity index is 761. The first kappa shape index (κ1) is 15.6. The van der Waals surface area contributed by atoms with Crippen molar-refractivity contribution in [3.63, 3.8) is 0 Å². The summed E-state index contributed by atoms with van der Waals surface area (Å²) in [6.45, 7) is 2.36. The Morgan fingerprint density at radius 3 is 2.57 bits per heavy atom. The summed E-state index contributed by atoms with van der Waals surface area (Å²) in [5, 5.41) is 21.5. The molecule has 1 aromatic heterocycles. The van der Waals surface area contributed by atoms with Crippen LogP contribution in [0.3, 0.4) is 0 Å². The van der Waals surface area contributed by atoms with Crippen molar-refractivity contribution in [1.29, 1.82) is 5.41 Å². The summed E-state index contributed by atoms with van der Waals surface area (Å²) in [5.74, 6) is 0.515. The number of aromatic nitrogens is 1. The van der Waals surface area contributed by atoms with Crippen LogP contribution in [0.5, 0.6) is 0 Å². The SMILES string of the molecule is CCc1csc(C2=C(O)CN(c3ccc(N(C)C)cc3)C2=N)n1. The van der Waals surface area contributed by atoms with Crippen molar-refractivity contribution in [3.05, 3.63) is 46.1 Å². The molecule has 0 amide bonds. The molecule has 1 aliphatic rings. The van der Waals surface area contributed by atoms with Gasteiger partial charge >= 0.3 is 0 Å². The Labute approximate surface area is 140 Å². The highest BCUT2D eigenvalue weighted by molar-refractivity contribution is 7.11. The maximum absolute atomic E-state index is 10.3. The summed E-state index contributed by atoms with van der Waals surface area (Å²) in [6, 6.07) is 7.96. The minimum atomic E-state index is 0.212. The van der Waals surface area contributed by atoms with Gasteiger partial charge in [-0.2, -0.15) is 0 Å². The van der Waals surface area contributed by atoms with Gasteiger partial charge in [0.15, 0.2) is 0 Å². The second kappa shape index (κ2) is 6.04. The molecule has 0 aliphatic carbocycles. The number of nitrogens with one attached hydrogen (secondary N) is 1. The number of rotatable bonds is 4. The van der Waals surface area contributed by atoms with Gasteiger partial charge in [-0.25, -0.2) is 4.98 Å². The predicted molar refractivity (Wildman–Crippen MR) is 96.9 cm³/mol. The number of aryl methyl sites for hydroxylation is 1. The molecular formula is C17H20N4OS. The molecule has 6 heteroatoms. The topological polar surface area (TPSA) is 63.5 Å². The molecule has 0 radical (unpaired) electrons. The fourth-order valence-corrected chi connectivity index (χ4v) is 3.51. The zero-order valence-corrected chi connectivity index (χ0v) is 14.3. The van der Waals surface area contributed by atoms with Crippen molar-refractivity contribution in [1.82, 2.24) is 4.98 Å². The van der Waals surface area contributed by atoms with E-state index < -0.39 is 0 Å². The molecule has 2 aromatic rings. The van der Waals surface area contributed by atoms with Crippen LogP contribution in [-0.4, -0.2) is 36.6 Å². The average molecular weight is 328 g/mol. The molecule has 0 fully saturated rings. The van der Waals surface area contributed by atoms with Crippen LogP contribution in [0, 0.1) is 5.41 Å². The Balaban J connectivity index is 1.87. The van der Waals surface area contributed by atoms with Gasteiger partial charge in [0, 0.05) is 30.9 Å². The highest BCUT2D eigenvalue weighted by Gasteiger charge is 2.31. The number of hydrogen-bond acceptors (Lipinski definition) is 5. The molecule has 2 N–H and O–H groups in total. The summed E-state index contributed by atoms with van der Waals surface area (Å²) < 4.78 is 0. The van der Waals surface area contributed by atoms with Crippen molar-refractivity contribution >= 4 is 34.1 Å². The smallest absolute Gasteiger partial charge is 0.139 e. The number of benzene rings is 1. The molecule has 3 rings (SSSR count). The summed E-state index contributed by atoms with van der Waals surface area (Å²) in [6.07, 6.45) is 0.855. The predicted octanol–water partition coefficient (Wildman–Crippen LogP) is 3.54. The van der Waals surface area contributed by atoms with Crippen LogP contribution in [0.25, 0.3) is 5.57 Å². The number of amidine groups is 1. The lowest BCUT2D eigenvalue weighted by atomic mass is 10.2. The minimum Gasteiger partial charge on any atom is -0.510 e. The summed E-state index contributed by atoms with van der Waals surface area (Å²) in [4.78, 5) is 8.34. The van der Waals surface area contributed by atoms with Gasteiger partial charge in [-0.05, 0) is 30.7 Å². The molecule has 1 aromatic carbocycles. The van der Waals surface area contributed by atoms with Gasteiger partial charge in [-0.15, -0.1) is 11.3 Å². The minimum absolute atomic E-state index is 0.212. The van der Waals surface area contributed by atoms with Gasteiger partial charge in [-0.3, -0.25) is 5.41 Å². The third kappa shape index (κ3) is 2.82. The molecule has 0 bridgehead atoms. The Morgan fingerprint density at radius 1 is 1.30 bits per heavy atom. The van der Waals surface area contributed by atoms with E-state index in [1.807, 2.05) is 55.6 Å². The lowest BCUT2D eigenvalue weighted by Crippen LogP contribution is -2.26. The van der Waals surface area contributed by atoms with E-state index in [9.17, 15) is 5.11 Å². The Morgan fingerprint density at radius 2 is 2.00 bits per heavy atom. The lowest BCUT2D eigenvalue weighted by Gasteiger charge is -2.20. The quantitative estimate of drug-likeness (QED) is 0.901. The van der Waals surface area contributed by atoms with Crippen LogP contribution in [-0.2, 0) is 6.42 Å². The van der Waals surface area contributed by atoms with E-state index in [-0.39, 0.29) is 5.76 Å². The number of thiazole rings is 1. The van der Waals surface area contributed by atoms with E-state index in [2.05, 4.69) is 4.98 Å². The zero-order valence-electron chi connectivity index (χ0n) is 13.5. The standard InChI is InChI=1S/C17H20N4OS/c1-4-11-10-23-17(19-11)15-14(22)9-21(16(15)18)13-7-5-12(6-8-13)20(2)3/h5-8,10,18,22H,4,9H2,1-3H3. The fourth-order valence-electron chi connectivity index (χ4n) is 2.54. The van der Waals surface area contributed by atoms with E-state index >= 15 is 0 Å². The molecule has 5 nitrogen and oxygen atoms in total. The molecular weight excluding hydrogens is 308 g/mol. The van der Waals surface area contributed by atoms with Gasteiger partial charge in [0.1, 0.15) is 16.6 Å². The molecule has 1 aliphatic heterocycles. The third-order valence-corrected chi connectivity index (χ3v) is 4.82. The highest BCUT2D eigenvalue weighted by Crippen LogP contribution is 2.33. The average Bonchev–Trinajstić information content (AvgIpc) is 3.11. The Hall–Kier alpha value is -2.34. The van der Waals surface area contributed by atoms with Crippen molar-refractivity contribution in [3.8, 4) is 0 Å². The van der Waals surface area contributed by atoms with Crippen molar-refractivity contribution < 1.29 is 5.11 Å². The molecule has 0 saturated carbocycles. The van der Waals surface area contributed by atoms with E-state index in [1.165, 1.54) is 11.3 Å². The van der Waals surface area contributed by atoms with E-state index in [4.69, 9.17) is 5.41 Å². The first-order valence-electron chi connectivity index (χ1n) is 7.52. The van der Waals surface area contributed by atoms with Crippen molar-refractivity contribution in [2.75, 3.05) is 30.4 Å². The summed E-state index contributed by atoms with van der Waals surface area (Å²) in [5.41, 5.74) is 3.54. The second-order valence-corrected chi connectivity index (χ2v) is 6.52. The zero-order chi connectivity index (χ0) is 16.6. The van der Waals surface area contributed by atoms with Gasteiger partial charge in [0.25, 0.3) is 0 Å². The molecule has 2 heterocycles. The van der Waals surface area contributed by atoms with Crippen LogP contribution in [0.4, 0.5) is 11.4 Å². The number of anilines is 2. The van der Waals surface area contributed by atoms with E-state index in [1.54, 1.807) is 4.90 Å². The van der Waals surface area contributed by atoms with E-state index in [0.29, 0.717) is 18.0 Å². The van der Waals surface area contributed by atoms with Crippen LogP contribution in [0.1, 0.15) is 17.6 Å². The van der Waals surface area contributed by atoms with Gasteiger partial charge in [-0.1, -0.05) is 6.92 Å². The largest absolute Gasteiger partial charge is 0.510 e. The molecule has 120 valence electrons. The highest BCUT2D eigenvalue weighted by atomic mass is 32.1. The molecule has 0 spiro atoms. The number of aliphatic hydroxyl groups is 1. The monoisotopic (exact) mass is 328 g/mol. The van der Waals surface area contributed by atoms with Crippen LogP contribution < -0.4 is 9.80 Å². The third-order valence-electron chi connectivity index (χ3n) is 3.91. The molecule has 23 heavy (non-hydrogen) atoms. The normalized spacial score (nSPS) is 14.7. The fraction of sp³-hybridized carbons (Fsp3) is 0.294. The molecule has 0 saturated heterocycles. The van der Waals surface area contributed by atoms with Crippen LogP contribution >= 0.6 is 11.3 Å².